The first kappa shape index (κ1) is 14.1. The average Bonchev–Trinajstić information content (AvgIpc) is 2.46. The van der Waals surface area contributed by atoms with E-state index in [9.17, 15) is 0 Å². The maximum Gasteiger partial charge on any atom is 0.119 e. The Balaban J connectivity index is 1.49. The molecule has 1 aromatic carbocycles. The third-order valence-electron chi connectivity index (χ3n) is 3.03. The summed E-state index contributed by atoms with van der Waals surface area (Å²) in [6.07, 6.45) is 0. The fourth-order valence-corrected chi connectivity index (χ4v) is 1.90. The molecule has 0 amide bonds. The van der Waals surface area contributed by atoms with E-state index in [1.54, 1.807) is 0 Å². The zero-order valence-electron chi connectivity index (χ0n) is 11.2. The SMILES string of the molecule is Nc1ccc(OCCOCCN2CCOCC2)cc1. The summed E-state index contributed by atoms with van der Waals surface area (Å²) >= 11 is 0. The summed E-state index contributed by atoms with van der Waals surface area (Å²) in [5.41, 5.74) is 6.34. The van der Waals surface area contributed by atoms with Crippen molar-refractivity contribution >= 4 is 5.69 Å². The van der Waals surface area contributed by atoms with Gasteiger partial charge in [0.2, 0.25) is 0 Å². The first-order valence-corrected chi connectivity index (χ1v) is 6.71. The summed E-state index contributed by atoms with van der Waals surface area (Å²) < 4.78 is 16.4. The summed E-state index contributed by atoms with van der Waals surface area (Å²) in [5.74, 6) is 0.825. The second kappa shape index (κ2) is 7.99. The van der Waals surface area contributed by atoms with E-state index >= 15 is 0 Å². The minimum Gasteiger partial charge on any atom is -0.491 e. The third-order valence-corrected chi connectivity index (χ3v) is 3.03. The fourth-order valence-electron chi connectivity index (χ4n) is 1.90. The van der Waals surface area contributed by atoms with Gasteiger partial charge in [-0.3, -0.25) is 4.90 Å². The van der Waals surface area contributed by atoms with Gasteiger partial charge in [0.25, 0.3) is 0 Å². The molecule has 1 fully saturated rings. The maximum atomic E-state index is 5.60. The normalized spacial score (nSPS) is 16.4. The number of hydrogen-bond donors (Lipinski definition) is 1. The number of nitrogens with two attached hydrogens (primary N) is 1. The van der Waals surface area contributed by atoms with Crippen LogP contribution in [0.1, 0.15) is 0 Å². The Hall–Kier alpha value is -1.30. The van der Waals surface area contributed by atoms with E-state index in [4.69, 9.17) is 19.9 Å². The number of ether oxygens (including phenoxy) is 3. The Morgan fingerprint density at radius 1 is 1.05 bits per heavy atom. The Labute approximate surface area is 114 Å². The molecule has 0 spiro atoms. The van der Waals surface area contributed by atoms with Gasteiger partial charge in [-0.2, -0.15) is 0 Å². The second-order valence-electron chi connectivity index (χ2n) is 4.48. The highest BCUT2D eigenvalue weighted by Crippen LogP contribution is 2.12. The molecule has 2 rings (SSSR count). The molecule has 0 radical (unpaired) electrons. The minimum absolute atomic E-state index is 0.563. The predicted octanol–water partition coefficient (Wildman–Crippen LogP) is 0.996. The van der Waals surface area contributed by atoms with Crippen LogP contribution in [0.4, 0.5) is 5.69 Å². The van der Waals surface area contributed by atoms with Gasteiger partial charge in [0.1, 0.15) is 12.4 Å². The standard InChI is InChI=1S/C14H22N2O3/c15-13-1-3-14(4-2-13)19-12-11-18-10-7-16-5-8-17-9-6-16/h1-4H,5-12,15H2. The largest absolute Gasteiger partial charge is 0.491 e. The van der Waals surface area contributed by atoms with Crippen LogP contribution in [0.25, 0.3) is 0 Å². The van der Waals surface area contributed by atoms with E-state index in [0.717, 1.165) is 50.9 Å². The molecule has 1 aliphatic rings. The molecule has 0 aromatic heterocycles. The van der Waals surface area contributed by atoms with Crippen LogP contribution < -0.4 is 10.5 Å². The van der Waals surface area contributed by atoms with Crippen molar-refractivity contribution in [1.29, 1.82) is 0 Å². The third kappa shape index (κ3) is 5.46. The molecule has 1 heterocycles. The smallest absolute Gasteiger partial charge is 0.119 e. The van der Waals surface area contributed by atoms with Crippen molar-refractivity contribution in [2.75, 3.05) is 58.4 Å². The number of nitrogens with zero attached hydrogens (tertiary/aromatic N) is 1. The number of rotatable bonds is 7. The van der Waals surface area contributed by atoms with E-state index in [-0.39, 0.29) is 0 Å². The fraction of sp³-hybridized carbons (Fsp3) is 0.571. The van der Waals surface area contributed by atoms with Crippen LogP contribution in [0.15, 0.2) is 24.3 Å². The number of benzene rings is 1. The zero-order chi connectivity index (χ0) is 13.3. The van der Waals surface area contributed by atoms with Crippen molar-refractivity contribution in [3.8, 4) is 5.75 Å². The van der Waals surface area contributed by atoms with E-state index < -0.39 is 0 Å². The van der Waals surface area contributed by atoms with Crippen LogP contribution >= 0.6 is 0 Å². The molecule has 1 saturated heterocycles. The lowest BCUT2D eigenvalue weighted by molar-refractivity contribution is 0.0170. The molecular formula is C14H22N2O3. The van der Waals surface area contributed by atoms with Gasteiger partial charge >= 0.3 is 0 Å². The predicted molar refractivity (Wildman–Crippen MR) is 74.4 cm³/mol. The van der Waals surface area contributed by atoms with Gasteiger partial charge < -0.3 is 19.9 Å². The highest BCUT2D eigenvalue weighted by atomic mass is 16.5. The van der Waals surface area contributed by atoms with E-state index in [0.29, 0.717) is 13.2 Å². The van der Waals surface area contributed by atoms with E-state index in [1.807, 2.05) is 24.3 Å². The lowest BCUT2D eigenvalue weighted by atomic mass is 10.3. The van der Waals surface area contributed by atoms with E-state index in [2.05, 4.69) is 4.90 Å². The van der Waals surface area contributed by atoms with Gasteiger partial charge in [-0.25, -0.2) is 0 Å². The second-order valence-corrected chi connectivity index (χ2v) is 4.48. The monoisotopic (exact) mass is 266 g/mol. The molecular weight excluding hydrogens is 244 g/mol. The van der Waals surface area contributed by atoms with Crippen molar-refractivity contribution < 1.29 is 14.2 Å². The molecule has 5 heteroatoms. The Bertz CT molecular complexity index is 350. The lowest BCUT2D eigenvalue weighted by Gasteiger charge is -2.26. The molecule has 0 atom stereocenters. The topological polar surface area (TPSA) is 57.0 Å². The summed E-state index contributed by atoms with van der Waals surface area (Å²) in [6, 6.07) is 7.38. The zero-order valence-corrected chi connectivity index (χ0v) is 11.2. The van der Waals surface area contributed by atoms with Gasteiger partial charge in [0.05, 0.1) is 26.4 Å². The highest BCUT2D eigenvalue weighted by Gasteiger charge is 2.09. The Kier molecular flexibility index (Phi) is 5.94. The van der Waals surface area contributed by atoms with Gasteiger partial charge in [0.15, 0.2) is 0 Å². The molecule has 1 aromatic rings. The summed E-state index contributed by atoms with van der Waals surface area (Å²) in [7, 11) is 0. The molecule has 0 aliphatic carbocycles. The summed E-state index contributed by atoms with van der Waals surface area (Å²) in [5, 5.41) is 0. The molecule has 0 bridgehead atoms. The Morgan fingerprint density at radius 2 is 1.79 bits per heavy atom. The van der Waals surface area contributed by atoms with Crippen LogP contribution in [0.3, 0.4) is 0 Å². The van der Waals surface area contributed by atoms with Crippen molar-refractivity contribution in [2.24, 2.45) is 0 Å². The summed E-state index contributed by atoms with van der Waals surface area (Å²) in [6.45, 7) is 6.55. The molecule has 0 saturated carbocycles. The molecule has 2 N–H and O–H groups in total. The summed E-state index contributed by atoms with van der Waals surface area (Å²) in [4.78, 5) is 2.35. The number of anilines is 1. The first-order chi connectivity index (χ1) is 9.34. The van der Waals surface area contributed by atoms with Crippen LogP contribution in [0, 0.1) is 0 Å². The molecule has 106 valence electrons. The molecule has 19 heavy (non-hydrogen) atoms. The van der Waals surface area contributed by atoms with Crippen LogP contribution in [-0.4, -0.2) is 57.6 Å². The highest BCUT2D eigenvalue weighted by molar-refractivity contribution is 5.41. The molecule has 0 unspecified atom stereocenters. The van der Waals surface area contributed by atoms with Crippen molar-refractivity contribution in [2.45, 2.75) is 0 Å². The lowest BCUT2D eigenvalue weighted by Crippen LogP contribution is -2.38. The number of morpholine rings is 1. The van der Waals surface area contributed by atoms with Gasteiger partial charge in [0, 0.05) is 25.3 Å². The first-order valence-electron chi connectivity index (χ1n) is 6.71. The van der Waals surface area contributed by atoms with Crippen LogP contribution in [0.2, 0.25) is 0 Å². The Morgan fingerprint density at radius 3 is 2.53 bits per heavy atom. The minimum atomic E-state index is 0.563. The van der Waals surface area contributed by atoms with Crippen molar-refractivity contribution in [3.63, 3.8) is 0 Å². The van der Waals surface area contributed by atoms with Crippen molar-refractivity contribution in [3.05, 3.63) is 24.3 Å². The maximum absolute atomic E-state index is 5.60. The van der Waals surface area contributed by atoms with Gasteiger partial charge in [-0.1, -0.05) is 0 Å². The van der Waals surface area contributed by atoms with Crippen LogP contribution in [-0.2, 0) is 9.47 Å². The number of hydrogen-bond acceptors (Lipinski definition) is 5. The quantitative estimate of drug-likeness (QED) is 0.589. The van der Waals surface area contributed by atoms with Gasteiger partial charge in [-0.15, -0.1) is 0 Å². The number of nitrogen functional groups attached to an aromatic ring is 1. The average molecular weight is 266 g/mol. The molecule has 1 aliphatic heterocycles. The molecule has 5 nitrogen and oxygen atoms in total. The van der Waals surface area contributed by atoms with Crippen molar-refractivity contribution in [1.82, 2.24) is 4.90 Å². The van der Waals surface area contributed by atoms with Gasteiger partial charge in [-0.05, 0) is 24.3 Å². The van der Waals surface area contributed by atoms with E-state index in [1.165, 1.54) is 0 Å². The van der Waals surface area contributed by atoms with Crippen LogP contribution in [0.5, 0.6) is 5.75 Å².